The van der Waals surface area contributed by atoms with Gasteiger partial charge in [-0.25, -0.2) is 8.42 Å². The highest BCUT2D eigenvalue weighted by molar-refractivity contribution is 7.98. The minimum Gasteiger partial charge on any atom is -0.494 e. The summed E-state index contributed by atoms with van der Waals surface area (Å²) in [5.41, 5.74) is 0. The third kappa shape index (κ3) is 5.56. The monoisotopic (exact) mass is 333 g/mol. The molecule has 0 bridgehead atoms. The molecule has 1 aromatic carbocycles. The third-order valence-corrected chi connectivity index (χ3v) is 4.78. The predicted octanol–water partition coefficient (Wildman–Crippen LogP) is 1.57. The Balaban J connectivity index is 2.85. The van der Waals surface area contributed by atoms with E-state index in [0.29, 0.717) is 18.1 Å². The number of aliphatic carboxylic acids is 1. The van der Waals surface area contributed by atoms with Crippen LogP contribution in [0.4, 0.5) is 0 Å². The van der Waals surface area contributed by atoms with E-state index in [1.807, 2.05) is 13.2 Å². The van der Waals surface area contributed by atoms with Crippen LogP contribution in [0.15, 0.2) is 29.2 Å². The molecule has 0 aliphatic carbocycles. The fraction of sp³-hybridized carbons (Fsp3) is 0.462. The molecule has 0 saturated carbocycles. The molecule has 0 aliphatic rings. The second kappa shape index (κ2) is 8.26. The van der Waals surface area contributed by atoms with Crippen molar-refractivity contribution >= 4 is 27.8 Å². The molecule has 118 valence electrons. The molecule has 8 heteroatoms. The molecule has 2 N–H and O–H groups in total. The van der Waals surface area contributed by atoms with Crippen LogP contribution >= 0.6 is 11.8 Å². The first-order valence-corrected chi connectivity index (χ1v) is 9.25. The number of carbonyl (C=O) groups is 1. The third-order valence-electron chi connectivity index (χ3n) is 2.65. The van der Waals surface area contributed by atoms with Crippen LogP contribution in [0.1, 0.15) is 13.3 Å². The summed E-state index contributed by atoms with van der Waals surface area (Å²) in [6, 6.07) is 4.72. The fourth-order valence-corrected chi connectivity index (χ4v) is 3.30. The van der Waals surface area contributed by atoms with E-state index in [4.69, 9.17) is 9.84 Å². The quantitative estimate of drug-likeness (QED) is 0.712. The maximum atomic E-state index is 12.2. The Labute approximate surface area is 128 Å². The van der Waals surface area contributed by atoms with Gasteiger partial charge in [-0.1, -0.05) is 0 Å². The predicted molar refractivity (Wildman–Crippen MR) is 82.4 cm³/mol. The normalized spacial score (nSPS) is 12.9. The van der Waals surface area contributed by atoms with Crippen molar-refractivity contribution in [2.45, 2.75) is 24.3 Å². The number of carboxylic acids is 1. The van der Waals surface area contributed by atoms with Crippen molar-refractivity contribution in [2.75, 3.05) is 18.6 Å². The maximum absolute atomic E-state index is 12.2. The van der Waals surface area contributed by atoms with Gasteiger partial charge in [0.1, 0.15) is 11.8 Å². The van der Waals surface area contributed by atoms with Gasteiger partial charge in [-0.15, -0.1) is 0 Å². The van der Waals surface area contributed by atoms with Crippen molar-refractivity contribution < 1.29 is 23.1 Å². The summed E-state index contributed by atoms with van der Waals surface area (Å²) in [5, 5.41) is 9.07. The van der Waals surface area contributed by atoms with Crippen LogP contribution in [0.5, 0.6) is 5.75 Å². The van der Waals surface area contributed by atoms with E-state index in [1.165, 1.54) is 36.0 Å². The van der Waals surface area contributed by atoms with Crippen LogP contribution in [-0.2, 0) is 14.8 Å². The van der Waals surface area contributed by atoms with Crippen LogP contribution in [0.3, 0.4) is 0 Å². The number of hydrogen-bond acceptors (Lipinski definition) is 5. The molecule has 0 radical (unpaired) electrons. The van der Waals surface area contributed by atoms with Gasteiger partial charge < -0.3 is 9.84 Å². The largest absolute Gasteiger partial charge is 0.494 e. The number of sulfonamides is 1. The van der Waals surface area contributed by atoms with Crippen LogP contribution in [0, 0.1) is 0 Å². The topological polar surface area (TPSA) is 92.7 Å². The van der Waals surface area contributed by atoms with Gasteiger partial charge in [0.2, 0.25) is 10.0 Å². The molecule has 0 fully saturated rings. The Hall–Kier alpha value is -1.25. The molecule has 0 aromatic heterocycles. The Bertz CT molecular complexity index is 556. The Morgan fingerprint density at radius 2 is 2.00 bits per heavy atom. The lowest BCUT2D eigenvalue weighted by Crippen LogP contribution is -2.41. The summed E-state index contributed by atoms with van der Waals surface area (Å²) in [7, 11) is -3.86. The van der Waals surface area contributed by atoms with Crippen LogP contribution in [-0.4, -0.2) is 44.2 Å². The molecule has 1 atom stereocenters. The van der Waals surface area contributed by atoms with Crippen molar-refractivity contribution in [3.63, 3.8) is 0 Å². The SMILES string of the molecule is CCOc1ccc(S(=O)(=O)N[C@H](CCSC)C(=O)O)cc1. The first-order valence-electron chi connectivity index (χ1n) is 6.37. The first kappa shape index (κ1) is 17.8. The minimum absolute atomic E-state index is 0.0151. The van der Waals surface area contributed by atoms with Gasteiger partial charge in [0.15, 0.2) is 0 Å². The number of carboxylic acid groups (broad SMARTS) is 1. The van der Waals surface area contributed by atoms with Gasteiger partial charge in [0, 0.05) is 0 Å². The first-order chi connectivity index (χ1) is 9.90. The highest BCUT2D eigenvalue weighted by Crippen LogP contribution is 2.16. The number of rotatable bonds is 9. The van der Waals surface area contributed by atoms with Gasteiger partial charge in [-0.2, -0.15) is 16.5 Å². The van der Waals surface area contributed by atoms with E-state index in [0.717, 1.165) is 0 Å². The van der Waals surface area contributed by atoms with Crippen molar-refractivity contribution in [3.05, 3.63) is 24.3 Å². The molecule has 21 heavy (non-hydrogen) atoms. The summed E-state index contributed by atoms with van der Waals surface area (Å²) in [6.07, 6.45) is 2.06. The molecule has 0 unspecified atom stereocenters. The van der Waals surface area contributed by atoms with Crippen molar-refractivity contribution in [2.24, 2.45) is 0 Å². The second-order valence-corrected chi connectivity index (χ2v) is 6.90. The zero-order valence-electron chi connectivity index (χ0n) is 11.9. The molecule has 0 spiro atoms. The smallest absolute Gasteiger partial charge is 0.321 e. The standard InChI is InChI=1S/C13H19NO5S2/c1-3-19-10-4-6-11(7-5-10)21(17,18)14-12(13(15)16)8-9-20-2/h4-7,12,14H,3,8-9H2,1-2H3,(H,15,16)/t12-/m1/s1. The summed E-state index contributed by atoms with van der Waals surface area (Å²) in [6.45, 7) is 2.32. The number of nitrogens with one attached hydrogen (secondary N) is 1. The van der Waals surface area contributed by atoms with Crippen molar-refractivity contribution in [1.82, 2.24) is 4.72 Å². The Morgan fingerprint density at radius 1 is 1.38 bits per heavy atom. The summed E-state index contributed by atoms with van der Waals surface area (Å²) >= 11 is 1.46. The van der Waals surface area contributed by atoms with Crippen molar-refractivity contribution in [3.8, 4) is 5.75 Å². The lowest BCUT2D eigenvalue weighted by molar-refractivity contribution is -0.139. The molecule has 0 heterocycles. The number of thioether (sulfide) groups is 1. The van der Waals surface area contributed by atoms with Gasteiger partial charge in [-0.3, -0.25) is 4.79 Å². The summed E-state index contributed by atoms with van der Waals surface area (Å²) in [5.74, 6) is -0.0601. The number of ether oxygens (including phenoxy) is 1. The van der Waals surface area contributed by atoms with Crippen LogP contribution in [0.25, 0.3) is 0 Å². The van der Waals surface area contributed by atoms with E-state index < -0.39 is 22.0 Å². The van der Waals surface area contributed by atoms with E-state index >= 15 is 0 Å². The average molecular weight is 333 g/mol. The van der Waals surface area contributed by atoms with E-state index in [1.54, 1.807) is 0 Å². The van der Waals surface area contributed by atoms with Gasteiger partial charge in [-0.05, 0) is 49.6 Å². The Morgan fingerprint density at radius 3 is 2.48 bits per heavy atom. The molecule has 0 amide bonds. The van der Waals surface area contributed by atoms with E-state index in [2.05, 4.69) is 4.72 Å². The zero-order valence-corrected chi connectivity index (χ0v) is 13.5. The Kier molecular flexibility index (Phi) is 7.00. The maximum Gasteiger partial charge on any atom is 0.321 e. The minimum atomic E-state index is -3.86. The van der Waals surface area contributed by atoms with Gasteiger partial charge in [0.05, 0.1) is 11.5 Å². The molecule has 1 aromatic rings. The van der Waals surface area contributed by atoms with E-state index in [-0.39, 0.29) is 11.3 Å². The molecular weight excluding hydrogens is 314 g/mol. The lowest BCUT2D eigenvalue weighted by atomic mass is 10.2. The number of benzene rings is 1. The molecule has 6 nitrogen and oxygen atoms in total. The van der Waals surface area contributed by atoms with E-state index in [9.17, 15) is 13.2 Å². The highest BCUT2D eigenvalue weighted by Gasteiger charge is 2.24. The number of hydrogen-bond donors (Lipinski definition) is 2. The van der Waals surface area contributed by atoms with Crippen LogP contribution < -0.4 is 9.46 Å². The fourth-order valence-electron chi connectivity index (χ4n) is 1.61. The second-order valence-electron chi connectivity index (χ2n) is 4.20. The zero-order chi connectivity index (χ0) is 15.9. The molecular formula is C13H19NO5S2. The molecule has 0 aliphatic heterocycles. The molecule has 1 rings (SSSR count). The highest BCUT2D eigenvalue weighted by atomic mass is 32.2. The summed E-state index contributed by atoms with van der Waals surface area (Å²) < 4.78 is 31.8. The van der Waals surface area contributed by atoms with Crippen molar-refractivity contribution in [1.29, 1.82) is 0 Å². The van der Waals surface area contributed by atoms with Crippen LogP contribution in [0.2, 0.25) is 0 Å². The van der Waals surface area contributed by atoms with Gasteiger partial charge in [0.25, 0.3) is 0 Å². The molecule has 0 saturated heterocycles. The summed E-state index contributed by atoms with van der Waals surface area (Å²) in [4.78, 5) is 11.1. The lowest BCUT2D eigenvalue weighted by Gasteiger charge is -2.14. The van der Waals surface area contributed by atoms with Gasteiger partial charge >= 0.3 is 5.97 Å². The average Bonchev–Trinajstić information content (AvgIpc) is 2.44.